The number of anilines is 1. The van der Waals surface area contributed by atoms with Crippen LogP contribution in [-0.4, -0.2) is 64.9 Å². The molecule has 0 radical (unpaired) electrons. The van der Waals surface area contributed by atoms with Gasteiger partial charge in [-0.25, -0.2) is 4.98 Å². The van der Waals surface area contributed by atoms with E-state index < -0.39 is 0 Å². The fraction of sp³-hybridized carbons (Fsp3) is 0.357. The van der Waals surface area contributed by atoms with Gasteiger partial charge < -0.3 is 14.4 Å². The minimum Gasteiger partial charge on any atom is -0.337 e. The Bertz CT molecular complexity index is 1330. The van der Waals surface area contributed by atoms with E-state index in [0.717, 1.165) is 35.9 Å². The topological polar surface area (TPSA) is 94.3 Å². The van der Waals surface area contributed by atoms with Crippen LogP contribution in [0.15, 0.2) is 54.6 Å². The zero-order chi connectivity index (χ0) is 25.7. The summed E-state index contributed by atoms with van der Waals surface area (Å²) in [7, 11) is 3.94. The van der Waals surface area contributed by atoms with Gasteiger partial charge in [0.2, 0.25) is 11.9 Å². The van der Waals surface area contributed by atoms with Gasteiger partial charge in [0, 0.05) is 31.3 Å². The van der Waals surface area contributed by atoms with Gasteiger partial charge in [-0.1, -0.05) is 24.3 Å². The molecule has 1 aliphatic heterocycles. The molecule has 0 spiro atoms. The molecule has 1 unspecified atom stereocenters. The Morgan fingerprint density at radius 3 is 2.81 bits per heavy atom. The largest absolute Gasteiger partial charge is 0.337 e. The normalized spacial score (nSPS) is 16.3. The number of imidazole rings is 1. The van der Waals surface area contributed by atoms with Gasteiger partial charge in [0.1, 0.15) is 0 Å². The number of aromatic nitrogens is 2. The first-order valence-corrected chi connectivity index (χ1v) is 12.3. The lowest BCUT2D eigenvalue weighted by atomic mass is 10.1. The molecule has 3 aromatic rings. The molecule has 2 amide bonds. The Labute approximate surface area is 211 Å². The van der Waals surface area contributed by atoms with Gasteiger partial charge in [-0.05, 0) is 70.1 Å². The van der Waals surface area contributed by atoms with Crippen molar-refractivity contribution in [3.63, 3.8) is 0 Å². The molecule has 36 heavy (non-hydrogen) atoms. The second-order valence-corrected chi connectivity index (χ2v) is 9.49. The van der Waals surface area contributed by atoms with E-state index in [0.29, 0.717) is 36.7 Å². The number of carbonyl (C=O) groups is 2. The molecule has 1 saturated heterocycles. The van der Waals surface area contributed by atoms with E-state index in [1.54, 1.807) is 30.3 Å². The van der Waals surface area contributed by atoms with Gasteiger partial charge >= 0.3 is 0 Å². The number of benzene rings is 2. The number of hydrogen-bond acceptors (Lipinski definition) is 5. The van der Waals surface area contributed by atoms with Crippen molar-refractivity contribution in [3.8, 4) is 6.07 Å². The fourth-order valence-corrected chi connectivity index (χ4v) is 4.67. The van der Waals surface area contributed by atoms with Crippen LogP contribution in [0.4, 0.5) is 5.95 Å². The van der Waals surface area contributed by atoms with Crippen molar-refractivity contribution < 1.29 is 9.59 Å². The summed E-state index contributed by atoms with van der Waals surface area (Å²) in [5.74, 6) is 0.132. The number of likely N-dealkylation sites (N-methyl/N-ethyl adjacent to an activating group) is 1. The number of rotatable bonds is 6. The molecule has 1 aromatic heterocycles. The number of hydrogen-bond donors (Lipinski definition) is 1. The van der Waals surface area contributed by atoms with Crippen molar-refractivity contribution in [2.45, 2.75) is 32.2 Å². The number of likely N-dealkylation sites (tertiary alicyclic amines) is 1. The lowest BCUT2D eigenvalue weighted by Gasteiger charge is -2.26. The Balaban J connectivity index is 1.68. The van der Waals surface area contributed by atoms with E-state index in [1.807, 2.05) is 55.1 Å². The molecule has 2 aromatic carbocycles. The summed E-state index contributed by atoms with van der Waals surface area (Å²) in [4.78, 5) is 34.8. The van der Waals surface area contributed by atoms with Gasteiger partial charge in [-0.15, -0.1) is 0 Å². The Morgan fingerprint density at radius 1 is 1.22 bits per heavy atom. The molecule has 186 valence electrons. The summed E-state index contributed by atoms with van der Waals surface area (Å²) in [6.45, 7) is 3.98. The number of para-hydroxylation sites is 1. The number of nitrogens with zero attached hydrogens (tertiary/aromatic N) is 5. The lowest BCUT2D eigenvalue weighted by molar-refractivity contribution is -0.126. The smallest absolute Gasteiger partial charge is 0.258 e. The standard InChI is InChI=1S/C28H32N6O2/c1-20-9-6-13-24-26(20)34(28(30-24)31-27(36)22-11-7-10-21(17-22)18-29)23-12-4-5-16-33(19-23)25(35)14-8-15-32(2)3/h6-11,13-14,17,23H,4-5,12,15-16,19H2,1-3H3,(H,30,31,36). The van der Waals surface area contributed by atoms with Crippen LogP contribution in [0.2, 0.25) is 0 Å². The highest BCUT2D eigenvalue weighted by Gasteiger charge is 2.27. The van der Waals surface area contributed by atoms with Crippen LogP contribution in [-0.2, 0) is 4.79 Å². The molecule has 1 N–H and O–H groups in total. The molecule has 2 heterocycles. The van der Waals surface area contributed by atoms with Crippen LogP contribution in [0.5, 0.6) is 0 Å². The highest BCUT2D eigenvalue weighted by molar-refractivity contribution is 6.04. The first kappa shape index (κ1) is 25.1. The zero-order valence-electron chi connectivity index (χ0n) is 21.1. The second-order valence-electron chi connectivity index (χ2n) is 9.49. The molecule has 1 aliphatic rings. The number of amides is 2. The molecule has 1 atom stereocenters. The summed E-state index contributed by atoms with van der Waals surface area (Å²) >= 11 is 0. The predicted molar refractivity (Wildman–Crippen MR) is 141 cm³/mol. The van der Waals surface area contributed by atoms with E-state index in [9.17, 15) is 14.9 Å². The van der Waals surface area contributed by atoms with Crippen molar-refractivity contribution >= 4 is 28.8 Å². The number of carbonyl (C=O) groups excluding carboxylic acids is 2. The molecule has 8 nitrogen and oxygen atoms in total. The highest BCUT2D eigenvalue weighted by atomic mass is 16.2. The minimum absolute atomic E-state index is 0.00352. The van der Waals surface area contributed by atoms with E-state index >= 15 is 0 Å². The number of nitriles is 1. The monoisotopic (exact) mass is 484 g/mol. The number of fused-ring (bicyclic) bond motifs is 1. The Kier molecular flexibility index (Phi) is 7.81. The van der Waals surface area contributed by atoms with Gasteiger partial charge in [0.05, 0.1) is 28.7 Å². The van der Waals surface area contributed by atoms with Crippen molar-refractivity contribution in [1.82, 2.24) is 19.4 Å². The highest BCUT2D eigenvalue weighted by Crippen LogP contribution is 2.32. The molecular weight excluding hydrogens is 452 g/mol. The van der Waals surface area contributed by atoms with Crippen LogP contribution in [0.3, 0.4) is 0 Å². The second kappa shape index (κ2) is 11.2. The molecule has 0 bridgehead atoms. The van der Waals surface area contributed by atoms with Crippen molar-refractivity contribution in [2.75, 3.05) is 39.0 Å². The third-order valence-electron chi connectivity index (χ3n) is 6.45. The van der Waals surface area contributed by atoms with Crippen LogP contribution in [0, 0.1) is 18.3 Å². The van der Waals surface area contributed by atoms with Crippen LogP contribution >= 0.6 is 0 Å². The summed E-state index contributed by atoms with van der Waals surface area (Å²) in [5.41, 5.74) is 3.63. The molecule has 8 heteroatoms. The maximum Gasteiger partial charge on any atom is 0.258 e. The van der Waals surface area contributed by atoms with Gasteiger partial charge in [-0.2, -0.15) is 5.26 Å². The number of nitrogens with one attached hydrogen (secondary N) is 1. The van der Waals surface area contributed by atoms with Gasteiger partial charge in [-0.3, -0.25) is 14.9 Å². The third-order valence-corrected chi connectivity index (χ3v) is 6.45. The van der Waals surface area contributed by atoms with E-state index in [4.69, 9.17) is 4.98 Å². The Morgan fingerprint density at radius 2 is 2.03 bits per heavy atom. The average Bonchev–Trinajstić information content (AvgIpc) is 3.05. The van der Waals surface area contributed by atoms with Crippen LogP contribution < -0.4 is 5.32 Å². The van der Waals surface area contributed by atoms with E-state index in [-0.39, 0.29) is 17.9 Å². The first-order chi connectivity index (χ1) is 17.4. The van der Waals surface area contributed by atoms with Crippen LogP contribution in [0.1, 0.15) is 46.8 Å². The molecule has 4 rings (SSSR count). The summed E-state index contributed by atoms with van der Waals surface area (Å²) in [6.07, 6.45) is 6.32. The molecule has 0 aliphatic carbocycles. The lowest BCUT2D eigenvalue weighted by Crippen LogP contribution is -2.35. The van der Waals surface area contributed by atoms with Gasteiger partial charge in [0.15, 0.2) is 0 Å². The van der Waals surface area contributed by atoms with Crippen molar-refractivity contribution in [3.05, 3.63) is 71.3 Å². The average molecular weight is 485 g/mol. The predicted octanol–water partition coefficient (Wildman–Crippen LogP) is 4.14. The van der Waals surface area contributed by atoms with Crippen molar-refractivity contribution in [2.24, 2.45) is 0 Å². The maximum atomic E-state index is 13.1. The van der Waals surface area contributed by atoms with Crippen molar-refractivity contribution in [1.29, 1.82) is 5.26 Å². The van der Waals surface area contributed by atoms with Crippen LogP contribution in [0.25, 0.3) is 11.0 Å². The molecule has 0 saturated carbocycles. The van der Waals surface area contributed by atoms with E-state index in [1.165, 1.54) is 0 Å². The first-order valence-electron chi connectivity index (χ1n) is 12.3. The maximum absolute atomic E-state index is 13.1. The molecule has 1 fully saturated rings. The fourth-order valence-electron chi connectivity index (χ4n) is 4.67. The quantitative estimate of drug-likeness (QED) is 0.531. The summed E-state index contributed by atoms with van der Waals surface area (Å²) in [5, 5.41) is 12.2. The summed E-state index contributed by atoms with van der Waals surface area (Å²) in [6, 6.07) is 14.6. The SMILES string of the molecule is Cc1cccc2nc(NC(=O)c3cccc(C#N)c3)n(C3CCCCN(C(=O)C=CCN(C)C)C3)c12. The zero-order valence-corrected chi connectivity index (χ0v) is 21.1. The third kappa shape index (κ3) is 5.64. The Hall–Kier alpha value is -3.96. The minimum atomic E-state index is -0.325. The van der Waals surface area contributed by atoms with E-state index in [2.05, 4.69) is 16.0 Å². The molecular formula is C28H32N6O2. The summed E-state index contributed by atoms with van der Waals surface area (Å²) < 4.78 is 2.09. The number of aryl methyl sites for hydroxylation is 1. The van der Waals surface area contributed by atoms with Gasteiger partial charge in [0.25, 0.3) is 5.91 Å².